The number of benzene rings is 1. The molecule has 2 fully saturated rings. The first-order chi connectivity index (χ1) is 10.3. The van der Waals surface area contributed by atoms with Gasteiger partial charge >= 0.3 is 0 Å². The molecule has 0 radical (unpaired) electrons. The van der Waals surface area contributed by atoms with Crippen LogP contribution in [0.3, 0.4) is 0 Å². The van der Waals surface area contributed by atoms with E-state index in [-0.39, 0.29) is 0 Å². The SMILES string of the molecule is COCCNCc1ccc(N(CC2CC2)C2CC2)cc1Cl. The van der Waals surface area contributed by atoms with Crippen molar-refractivity contribution in [2.24, 2.45) is 5.92 Å². The van der Waals surface area contributed by atoms with Crippen LogP contribution in [-0.4, -0.2) is 32.8 Å². The number of anilines is 1. The van der Waals surface area contributed by atoms with Crippen molar-refractivity contribution in [1.82, 2.24) is 5.32 Å². The second kappa shape index (κ2) is 6.99. The Balaban J connectivity index is 1.61. The van der Waals surface area contributed by atoms with Crippen LogP contribution in [0.2, 0.25) is 5.02 Å². The number of ether oxygens (including phenoxy) is 1. The van der Waals surface area contributed by atoms with Crippen LogP contribution in [0.4, 0.5) is 5.69 Å². The Kier molecular flexibility index (Phi) is 5.04. The Morgan fingerprint density at radius 3 is 2.71 bits per heavy atom. The predicted molar refractivity (Wildman–Crippen MR) is 88.1 cm³/mol. The van der Waals surface area contributed by atoms with E-state index in [1.165, 1.54) is 43.5 Å². The number of nitrogens with zero attached hydrogens (tertiary/aromatic N) is 1. The maximum absolute atomic E-state index is 6.47. The smallest absolute Gasteiger partial charge is 0.0587 e. The van der Waals surface area contributed by atoms with Crippen LogP contribution in [0.15, 0.2) is 18.2 Å². The van der Waals surface area contributed by atoms with Gasteiger partial charge in [-0.05, 0) is 49.3 Å². The summed E-state index contributed by atoms with van der Waals surface area (Å²) in [6, 6.07) is 7.31. The van der Waals surface area contributed by atoms with Gasteiger partial charge < -0.3 is 15.0 Å². The molecule has 0 atom stereocenters. The third kappa shape index (κ3) is 4.35. The molecular formula is C17H25ClN2O. The lowest BCUT2D eigenvalue weighted by Gasteiger charge is -2.25. The number of halogens is 1. The molecule has 2 saturated carbocycles. The fourth-order valence-corrected chi connectivity index (χ4v) is 2.93. The second-order valence-electron chi connectivity index (χ2n) is 6.27. The molecule has 0 spiro atoms. The molecule has 0 heterocycles. The van der Waals surface area contributed by atoms with Gasteiger partial charge in [0.25, 0.3) is 0 Å². The molecule has 4 heteroatoms. The first-order valence-corrected chi connectivity index (χ1v) is 8.40. The van der Waals surface area contributed by atoms with Gasteiger partial charge in [0.05, 0.1) is 6.61 Å². The standard InChI is InChI=1S/C17H25ClN2O/c1-21-9-8-19-11-14-4-5-16(10-17(14)18)20(15-6-7-15)12-13-2-3-13/h4-5,10,13,15,19H,2-3,6-9,11-12H2,1H3. The predicted octanol–water partition coefficient (Wildman–Crippen LogP) is 3.45. The zero-order chi connectivity index (χ0) is 14.7. The summed E-state index contributed by atoms with van der Waals surface area (Å²) in [7, 11) is 1.72. The Morgan fingerprint density at radius 2 is 2.10 bits per heavy atom. The van der Waals surface area contributed by atoms with Crippen molar-refractivity contribution in [3.63, 3.8) is 0 Å². The number of rotatable bonds is 9. The molecule has 0 aliphatic heterocycles. The van der Waals surface area contributed by atoms with Gasteiger partial charge in [0.15, 0.2) is 0 Å². The van der Waals surface area contributed by atoms with Crippen molar-refractivity contribution in [2.75, 3.05) is 31.7 Å². The fraction of sp³-hybridized carbons (Fsp3) is 0.647. The summed E-state index contributed by atoms with van der Waals surface area (Å²) in [4.78, 5) is 2.58. The van der Waals surface area contributed by atoms with Crippen molar-refractivity contribution in [3.8, 4) is 0 Å². The zero-order valence-electron chi connectivity index (χ0n) is 12.8. The van der Waals surface area contributed by atoms with Crippen LogP contribution in [0.1, 0.15) is 31.2 Å². The normalized spacial score (nSPS) is 18.0. The first kappa shape index (κ1) is 15.1. The Labute approximate surface area is 132 Å². The number of methoxy groups -OCH3 is 1. The van der Waals surface area contributed by atoms with E-state index in [0.717, 1.165) is 36.7 Å². The fourth-order valence-electron chi connectivity index (χ4n) is 2.69. The highest BCUT2D eigenvalue weighted by atomic mass is 35.5. The molecule has 0 bridgehead atoms. The van der Waals surface area contributed by atoms with Gasteiger partial charge in [-0.1, -0.05) is 17.7 Å². The van der Waals surface area contributed by atoms with Gasteiger partial charge in [0.2, 0.25) is 0 Å². The summed E-state index contributed by atoms with van der Waals surface area (Å²) in [5.41, 5.74) is 2.47. The minimum absolute atomic E-state index is 0.729. The highest BCUT2D eigenvalue weighted by Crippen LogP contribution is 2.38. The average molecular weight is 309 g/mol. The van der Waals surface area contributed by atoms with Crippen molar-refractivity contribution in [1.29, 1.82) is 0 Å². The largest absolute Gasteiger partial charge is 0.383 e. The molecular weight excluding hydrogens is 284 g/mol. The van der Waals surface area contributed by atoms with E-state index in [0.29, 0.717) is 0 Å². The first-order valence-electron chi connectivity index (χ1n) is 8.02. The summed E-state index contributed by atoms with van der Waals surface area (Å²) in [6.45, 7) is 3.60. The second-order valence-corrected chi connectivity index (χ2v) is 6.68. The summed E-state index contributed by atoms with van der Waals surface area (Å²) >= 11 is 6.47. The van der Waals surface area contributed by atoms with Crippen LogP contribution in [-0.2, 0) is 11.3 Å². The molecule has 1 aromatic rings. The average Bonchev–Trinajstić information content (AvgIpc) is 3.36. The molecule has 3 nitrogen and oxygen atoms in total. The van der Waals surface area contributed by atoms with E-state index in [4.69, 9.17) is 16.3 Å². The zero-order valence-corrected chi connectivity index (χ0v) is 13.5. The molecule has 2 aliphatic rings. The maximum atomic E-state index is 6.47. The molecule has 0 unspecified atom stereocenters. The molecule has 2 aliphatic carbocycles. The van der Waals surface area contributed by atoms with Crippen LogP contribution < -0.4 is 10.2 Å². The van der Waals surface area contributed by atoms with E-state index >= 15 is 0 Å². The molecule has 1 aromatic carbocycles. The lowest BCUT2D eigenvalue weighted by molar-refractivity contribution is 0.199. The lowest BCUT2D eigenvalue weighted by Crippen LogP contribution is -2.28. The van der Waals surface area contributed by atoms with E-state index < -0.39 is 0 Å². The molecule has 116 valence electrons. The number of hydrogen-bond acceptors (Lipinski definition) is 3. The molecule has 0 amide bonds. The summed E-state index contributed by atoms with van der Waals surface area (Å²) in [6.07, 6.45) is 5.48. The van der Waals surface area contributed by atoms with Crippen molar-refractivity contribution >= 4 is 17.3 Å². The molecule has 3 rings (SSSR count). The molecule has 21 heavy (non-hydrogen) atoms. The van der Waals surface area contributed by atoms with Gasteiger partial charge in [-0.3, -0.25) is 0 Å². The summed E-state index contributed by atoms with van der Waals surface area (Å²) < 4.78 is 5.03. The maximum Gasteiger partial charge on any atom is 0.0587 e. The van der Waals surface area contributed by atoms with Crippen LogP contribution in [0.5, 0.6) is 0 Å². The van der Waals surface area contributed by atoms with Crippen molar-refractivity contribution in [2.45, 2.75) is 38.3 Å². The molecule has 0 aromatic heterocycles. The highest BCUT2D eigenvalue weighted by molar-refractivity contribution is 6.31. The topological polar surface area (TPSA) is 24.5 Å². The van der Waals surface area contributed by atoms with E-state index in [9.17, 15) is 0 Å². The summed E-state index contributed by atoms with van der Waals surface area (Å²) in [5.74, 6) is 0.916. The van der Waals surface area contributed by atoms with Gasteiger partial charge in [-0.25, -0.2) is 0 Å². The third-order valence-electron chi connectivity index (χ3n) is 4.31. The Bertz CT molecular complexity index is 472. The molecule has 1 N–H and O–H groups in total. The van der Waals surface area contributed by atoms with Gasteiger partial charge in [0, 0.05) is 43.5 Å². The minimum atomic E-state index is 0.729. The third-order valence-corrected chi connectivity index (χ3v) is 4.66. The van der Waals surface area contributed by atoms with Gasteiger partial charge in [-0.15, -0.1) is 0 Å². The van der Waals surface area contributed by atoms with Crippen LogP contribution in [0, 0.1) is 5.92 Å². The molecule has 0 saturated heterocycles. The van der Waals surface area contributed by atoms with Crippen molar-refractivity contribution in [3.05, 3.63) is 28.8 Å². The van der Waals surface area contributed by atoms with E-state index in [2.05, 4.69) is 28.4 Å². The number of nitrogens with one attached hydrogen (secondary N) is 1. The van der Waals surface area contributed by atoms with E-state index in [1.807, 2.05) is 0 Å². The number of hydrogen-bond donors (Lipinski definition) is 1. The minimum Gasteiger partial charge on any atom is -0.383 e. The Morgan fingerprint density at radius 1 is 1.29 bits per heavy atom. The van der Waals surface area contributed by atoms with E-state index in [1.54, 1.807) is 7.11 Å². The van der Waals surface area contributed by atoms with Crippen LogP contribution >= 0.6 is 11.6 Å². The van der Waals surface area contributed by atoms with Crippen LogP contribution in [0.25, 0.3) is 0 Å². The lowest BCUT2D eigenvalue weighted by atomic mass is 10.1. The van der Waals surface area contributed by atoms with Gasteiger partial charge in [0.1, 0.15) is 0 Å². The summed E-state index contributed by atoms with van der Waals surface area (Å²) in [5, 5.41) is 4.22. The van der Waals surface area contributed by atoms with Gasteiger partial charge in [-0.2, -0.15) is 0 Å². The Hall–Kier alpha value is -0.770. The quantitative estimate of drug-likeness (QED) is 0.707. The van der Waals surface area contributed by atoms with Crippen molar-refractivity contribution < 1.29 is 4.74 Å². The monoisotopic (exact) mass is 308 g/mol. The highest BCUT2D eigenvalue weighted by Gasteiger charge is 2.33.